The average molecular weight is 343 g/mol. The molecule has 0 bridgehead atoms. The molecule has 1 atom stereocenters. The van der Waals surface area contributed by atoms with E-state index in [4.69, 9.17) is 4.74 Å². The van der Waals surface area contributed by atoms with Crippen molar-refractivity contribution in [2.24, 2.45) is 5.92 Å². The van der Waals surface area contributed by atoms with Crippen LogP contribution in [0.1, 0.15) is 25.3 Å². The third kappa shape index (κ3) is 3.95. The second kappa shape index (κ2) is 7.59. The first-order valence-corrected chi connectivity index (χ1v) is 8.76. The summed E-state index contributed by atoms with van der Waals surface area (Å²) in [6.45, 7) is 3.69. The summed E-state index contributed by atoms with van der Waals surface area (Å²) in [5.74, 6) is 0.604. The van der Waals surface area contributed by atoms with Crippen molar-refractivity contribution < 1.29 is 14.3 Å². The molecular weight excluding hydrogens is 318 g/mol. The number of hydrogen-bond donors (Lipinski definition) is 2. The Morgan fingerprint density at radius 3 is 2.76 bits per heavy atom. The van der Waals surface area contributed by atoms with Crippen LogP contribution in [0, 0.1) is 5.92 Å². The summed E-state index contributed by atoms with van der Waals surface area (Å²) in [7, 11) is 1.31. The van der Waals surface area contributed by atoms with Crippen LogP contribution < -0.4 is 5.32 Å². The van der Waals surface area contributed by atoms with E-state index in [1.807, 2.05) is 35.4 Å². The number of ether oxygens (including phenoxy) is 1. The molecule has 2 N–H and O–H groups in total. The predicted octanol–water partition coefficient (Wildman–Crippen LogP) is 2.69. The Balaban J connectivity index is 1.79. The van der Waals surface area contributed by atoms with Crippen molar-refractivity contribution in [3.05, 3.63) is 36.0 Å². The largest absolute Gasteiger partial charge is 0.453 e. The molecule has 2 amide bonds. The summed E-state index contributed by atoms with van der Waals surface area (Å²) in [5.41, 5.74) is 2.03. The van der Waals surface area contributed by atoms with Gasteiger partial charge in [-0.3, -0.25) is 4.79 Å². The van der Waals surface area contributed by atoms with Crippen molar-refractivity contribution >= 4 is 22.9 Å². The Morgan fingerprint density at radius 2 is 2.04 bits per heavy atom. The molecule has 0 radical (unpaired) electrons. The van der Waals surface area contributed by atoms with Gasteiger partial charge in [0, 0.05) is 36.6 Å². The first-order chi connectivity index (χ1) is 12.1. The van der Waals surface area contributed by atoms with Crippen LogP contribution in [0.2, 0.25) is 0 Å². The highest BCUT2D eigenvalue weighted by Gasteiger charge is 2.29. The maximum absolute atomic E-state index is 13.0. The number of rotatable bonds is 4. The fourth-order valence-corrected chi connectivity index (χ4v) is 3.37. The van der Waals surface area contributed by atoms with Crippen LogP contribution in [0.5, 0.6) is 0 Å². The number of benzene rings is 1. The molecule has 0 aliphatic carbocycles. The number of likely N-dealkylation sites (tertiary alicyclic amines) is 1. The van der Waals surface area contributed by atoms with Gasteiger partial charge in [0.25, 0.3) is 0 Å². The molecule has 134 valence electrons. The highest BCUT2D eigenvalue weighted by molar-refractivity contribution is 5.88. The monoisotopic (exact) mass is 343 g/mol. The smallest absolute Gasteiger partial charge is 0.407 e. The number of methoxy groups -OCH3 is 1. The van der Waals surface area contributed by atoms with Gasteiger partial charge in [0.15, 0.2) is 0 Å². The van der Waals surface area contributed by atoms with E-state index in [0.717, 1.165) is 42.4 Å². The first-order valence-electron chi connectivity index (χ1n) is 8.76. The van der Waals surface area contributed by atoms with E-state index in [1.54, 1.807) is 0 Å². The zero-order valence-electron chi connectivity index (χ0n) is 14.7. The van der Waals surface area contributed by atoms with Crippen molar-refractivity contribution in [1.82, 2.24) is 15.2 Å². The Labute approximate surface area is 147 Å². The molecular formula is C19H25N3O3. The normalized spacial score (nSPS) is 16.6. The zero-order valence-corrected chi connectivity index (χ0v) is 14.7. The molecule has 6 nitrogen and oxygen atoms in total. The standard InChI is InChI=1S/C19H25N3O3/c1-13-7-9-22(10-8-13)18(23)17(21-19(24)25-2)11-14-12-20-16-6-4-3-5-15(14)16/h3-6,12-13,17,20H,7-11H2,1-2H3,(H,21,24)/t17-/m1/s1. The topological polar surface area (TPSA) is 74.4 Å². The van der Waals surface area contributed by atoms with E-state index in [2.05, 4.69) is 17.2 Å². The summed E-state index contributed by atoms with van der Waals surface area (Å²) in [5, 5.41) is 3.78. The number of amides is 2. The highest BCUT2D eigenvalue weighted by Crippen LogP contribution is 2.21. The number of H-pyrrole nitrogens is 1. The SMILES string of the molecule is COC(=O)N[C@H](Cc1c[nH]c2ccccc12)C(=O)N1CCC(C)CC1. The molecule has 1 aromatic carbocycles. The molecule has 2 aromatic rings. The van der Waals surface area contributed by atoms with E-state index in [-0.39, 0.29) is 5.91 Å². The van der Waals surface area contributed by atoms with Gasteiger partial charge in [-0.05, 0) is 30.4 Å². The van der Waals surface area contributed by atoms with Gasteiger partial charge in [-0.15, -0.1) is 0 Å². The van der Waals surface area contributed by atoms with E-state index in [0.29, 0.717) is 12.3 Å². The van der Waals surface area contributed by atoms with Crippen molar-refractivity contribution in [1.29, 1.82) is 0 Å². The van der Waals surface area contributed by atoms with Crippen molar-refractivity contribution in [3.8, 4) is 0 Å². The number of para-hydroxylation sites is 1. The number of fused-ring (bicyclic) bond motifs is 1. The first kappa shape index (κ1) is 17.3. The number of aromatic nitrogens is 1. The van der Waals surface area contributed by atoms with Gasteiger partial charge in [0.2, 0.25) is 5.91 Å². The minimum atomic E-state index is -0.625. The summed E-state index contributed by atoms with van der Waals surface area (Å²) in [6.07, 6.45) is 3.77. The lowest BCUT2D eigenvalue weighted by atomic mass is 9.97. The van der Waals surface area contributed by atoms with Crippen molar-refractivity contribution in [3.63, 3.8) is 0 Å². The second-order valence-corrected chi connectivity index (χ2v) is 6.76. The molecule has 25 heavy (non-hydrogen) atoms. The molecule has 2 heterocycles. The Hall–Kier alpha value is -2.50. The zero-order chi connectivity index (χ0) is 17.8. The van der Waals surface area contributed by atoms with Crippen molar-refractivity contribution in [2.45, 2.75) is 32.2 Å². The van der Waals surface area contributed by atoms with Crippen LogP contribution in [-0.4, -0.2) is 48.1 Å². The number of aromatic amines is 1. The number of carbonyl (C=O) groups is 2. The maximum atomic E-state index is 13.0. The Morgan fingerprint density at radius 1 is 1.32 bits per heavy atom. The van der Waals surface area contributed by atoms with Gasteiger partial charge in [0.05, 0.1) is 7.11 Å². The summed E-state index contributed by atoms with van der Waals surface area (Å²) >= 11 is 0. The molecule has 0 spiro atoms. The fourth-order valence-electron chi connectivity index (χ4n) is 3.37. The molecule has 0 unspecified atom stereocenters. The molecule has 1 fully saturated rings. The number of nitrogens with one attached hydrogen (secondary N) is 2. The predicted molar refractivity (Wildman–Crippen MR) is 96.3 cm³/mol. The average Bonchev–Trinajstić information content (AvgIpc) is 3.04. The van der Waals surface area contributed by atoms with Gasteiger partial charge in [0.1, 0.15) is 6.04 Å². The number of piperidine rings is 1. The van der Waals surface area contributed by atoms with Gasteiger partial charge < -0.3 is 19.9 Å². The van der Waals surface area contributed by atoms with Crippen LogP contribution in [0.4, 0.5) is 4.79 Å². The van der Waals surface area contributed by atoms with E-state index in [1.165, 1.54) is 7.11 Å². The Kier molecular flexibility index (Phi) is 5.26. The summed E-state index contributed by atoms with van der Waals surface area (Å²) in [4.78, 5) is 29.8. The molecule has 1 aromatic heterocycles. The van der Waals surface area contributed by atoms with Crippen LogP contribution in [-0.2, 0) is 16.0 Å². The molecule has 0 saturated carbocycles. The summed E-state index contributed by atoms with van der Waals surface area (Å²) in [6, 6.07) is 7.32. The summed E-state index contributed by atoms with van der Waals surface area (Å²) < 4.78 is 4.71. The van der Waals surface area contributed by atoms with Gasteiger partial charge in [-0.1, -0.05) is 25.1 Å². The quantitative estimate of drug-likeness (QED) is 0.896. The molecule has 1 aliphatic heterocycles. The lowest BCUT2D eigenvalue weighted by Gasteiger charge is -2.33. The van der Waals surface area contributed by atoms with Gasteiger partial charge >= 0.3 is 6.09 Å². The van der Waals surface area contributed by atoms with Crippen LogP contribution in [0.15, 0.2) is 30.5 Å². The van der Waals surface area contributed by atoms with Gasteiger partial charge in [-0.2, -0.15) is 0 Å². The van der Waals surface area contributed by atoms with Crippen molar-refractivity contribution in [2.75, 3.05) is 20.2 Å². The van der Waals surface area contributed by atoms with E-state index < -0.39 is 12.1 Å². The number of alkyl carbamates (subject to hydrolysis) is 1. The van der Waals surface area contributed by atoms with E-state index >= 15 is 0 Å². The minimum absolute atomic E-state index is 0.0393. The molecule has 1 aliphatic rings. The molecule has 1 saturated heterocycles. The van der Waals surface area contributed by atoms with Gasteiger partial charge in [-0.25, -0.2) is 4.79 Å². The van der Waals surface area contributed by atoms with E-state index in [9.17, 15) is 9.59 Å². The van der Waals surface area contributed by atoms with Crippen LogP contribution in [0.25, 0.3) is 10.9 Å². The molecule has 3 rings (SSSR count). The number of hydrogen-bond acceptors (Lipinski definition) is 3. The number of nitrogens with zero attached hydrogens (tertiary/aromatic N) is 1. The third-order valence-electron chi connectivity index (χ3n) is 4.97. The van der Waals surface area contributed by atoms with Crippen LogP contribution in [0.3, 0.4) is 0 Å². The Bertz CT molecular complexity index is 747. The second-order valence-electron chi connectivity index (χ2n) is 6.76. The number of carbonyl (C=O) groups excluding carboxylic acids is 2. The fraction of sp³-hybridized carbons (Fsp3) is 0.474. The minimum Gasteiger partial charge on any atom is -0.453 e. The van der Waals surface area contributed by atoms with Crippen LogP contribution >= 0.6 is 0 Å². The molecule has 6 heteroatoms. The highest BCUT2D eigenvalue weighted by atomic mass is 16.5. The lowest BCUT2D eigenvalue weighted by molar-refractivity contribution is -0.134. The maximum Gasteiger partial charge on any atom is 0.407 e. The lowest BCUT2D eigenvalue weighted by Crippen LogP contribution is -2.51. The third-order valence-corrected chi connectivity index (χ3v) is 4.97.